The van der Waals surface area contributed by atoms with Gasteiger partial charge in [0.05, 0.1) is 16.9 Å². The Hall–Kier alpha value is -2.87. The second-order valence-electron chi connectivity index (χ2n) is 5.89. The van der Waals surface area contributed by atoms with Gasteiger partial charge in [0, 0.05) is 5.56 Å². The van der Waals surface area contributed by atoms with E-state index in [-0.39, 0.29) is 5.91 Å². The molecule has 0 spiro atoms. The molecule has 0 radical (unpaired) electrons. The maximum Gasteiger partial charge on any atom is 0.271 e. The molecule has 142 valence electrons. The van der Waals surface area contributed by atoms with Crippen molar-refractivity contribution in [2.24, 2.45) is 5.10 Å². The minimum atomic E-state index is -0.278. The molecule has 0 saturated carbocycles. The summed E-state index contributed by atoms with van der Waals surface area (Å²) in [6, 6.07) is 22.7. The van der Waals surface area contributed by atoms with Gasteiger partial charge in [-0.15, -0.1) is 0 Å². The fourth-order valence-electron chi connectivity index (χ4n) is 2.43. The number of carbonyl (C=O) groups is 1. The molecule has 0 aliphatic heterocycles. The van der Waals surface area contributed by atoms with Gasteiger partial charge in [0.25, 0.3) is 5.91 Å². The number of methoxy groups -OCH3 is 1. The zero-order valence-corrected chi connectivity index (χ0v) is 17.4. The fourth-order valence-corrected chi connectivity index (χ4v) is 3.16. The Morgan fingerprint density at radius 1 is 1.07 bits per heavy atom. The van der Waals surface area contributed by atoms with Crippen molar-refractivity contribution >= 4 is 34.7 Å². The quantitative estimate of drug-likeness (QED) is 0.301. The van der Waals surface area contributed by atoms with Crippen molar-refractivity contribution in [1.82, 2.24) is 5.43 Å². The molecule has 0 aliphatic carbocycles. The molecular weight excluding hydrogens is 467 g/mol. The minimum Gasteiger partial charge on any atom is -0.496 e. The van der Waals surface area contributed by atoms with Gasteiger partial charge in [-0.05, 0) is 76.2 Å². The summed E-state index contributed by atoms with van der Waals surface area (Å²) in [5.41, 5.74) is 5.02. The van der Waals surface area contributed by atoms with Crippen molar-refractivity contribution in [2.75, 3.05) is 7.11 Å². The number of nitrogens with one attached hydrogen (secondary N) is 1. The van der Waals surface area contributed by atoms with Crippen LogP contribution in [0.2, 0.25) is 0 Å². The predicted octanol–water partition coefficient (Wildman–Crippen LogP) is 4.64. The van der Waals surface area contributed by atoms with Crippen LogP contribution < -0.4 is 14.9 Å². The predicted molar refractivity (Wildman–Crippen MR) is 118 cm³/mol. The number of hydrogen-bond acceptors (Lipinski definition) is 4. The smallest absolute Gasteiger partial charge is 0.271 e. The molecule has 0 bridgehead atoms. The third-order valence-corrected chi connectivity index (χ3v) is 4.77. The van der Waals surface area contributed by atoms with E-state index in [1.54, 1.807) is 31.5 Å². The Labute approximate surface area is 177 Å². The topological polar surface area (TPSA) is 59.9 Å². The van der Waals surface area contributed by atoms with Gasteiger partial charge in [0.1, 0.15) is 18.1 Å². The molecule has 5 nitrogen and oxygen atoms in total. The summed E-state index contributed by atoms with van der Waals surface area (Å²) in [4.78, 5) is 12.2. The Morgan fingerprint density at radius 2 is 1.82 bits per heavy atom. The van der Waals surface area contributed by atoms with E-state index < -0.39 is 0 Å². The average Bonchev–Trinajstić information content (AvgIpc) is 2.73. The van der Waals surface area contributed by atoms with Crippen LogP contribution >= 0.6 is 22.6 Å². The molecule has 0 heterocycles. The van der Waals surface area contributed by atoms with Crippen LogP contribution in [0.4, 0.5) is 0 Å². The second kappa shape index (κ2) is 9.89. The highest BCUT2D eigenvalue weighted by Gasteiger charge is 2.07. The normalized spacial score (nSPS) is 10.6. The highest BCUT2D eigenvalue weighted by atomic mass is 127. The Balaban J connectivity index is 1.52. The number of benzene rings is 3. The van der Waals surface area contributed by atoms with Crippen LogP contribution in [0.1, 0.15) is 21.5 Å². The van der Waals surface area contributed by atoms with E-state index in [0.717, 1.165) is 26.2 Å². The lowest BCUT2D eigenvalue weighted by Gasteiger charge is -2.06. The minimum absolute atomic E-state index is 0.278. The summed E-state index contributed by atoms with van der Waals surface area (Å²) in [7, 11) is 1.60. The van der Waals surface area contributed by atoms with E-state index in [2.05, 4.69) is 33.1 Å². The summed E-state index contributed by atoms with van der Waals surface area (Å²) in [6.45, 7) is 0.519. The molecule has 28 heavy (non-hydrogen) atoms. The number of halogens is 1. The van der Waals surface area contributed by atoms with Crippen LogP contribution in [-0.4, -0.2) is 19.2 Å². The van der Waals surface area contributed by atoms with E-state index in [1.807, 2.05) is 54.6 Å². The van der Waals surface area contributed by atoms with Crippen LogP contribution in [0.25, 0.3) is 0 Å². The van der Waals surface area contributed by atoms with E-state index in [9.17, 15) is 4.79 Å². The molecule has 3 rings (SSSR count). The van der Waals surface area contributed by atoms with Crippen molar-refractivity contribution in [2.45, 2.75) is 6.61 Å². The van der Waals surface area contributed by atoms with Gasteiger partial charge in [0.15, 0.2) is 0 Å². The third-order valence-electron chi connectivity index (χ3n) is 3.92. The number of rotatable bonds is 7. The highest BCUT2D eigenvalue weighted by molar-refractivity contribution is 14.1. The van der Waals surface area contributed by atoms with Crippen molar-refractivity contribution in [3.05, 3.63) is 93.1 Å². The van der Waals surface area contributed by atoms with Gasteiger partial charge in [-0.1, -0.05) is 30.3 Å². The first-order valence-corrected chi connectivity index (χ1v) is 9.67. The average molecular weight is 486 g/mol. The molecule has 0 fully saturated rings. The number of hydrazone groups is 1. The molecule has 3 aromatic carbocycles. The number of nitrogens with zero attached hydrogens (tertiary/aromatic N) is 1. The summed E-state index contributed by atoms with van der Waals surface area (Å²) in [6.07, 6.45) is 1.59. The standard InChI is InChI=1S/C22H19IN2O3/c1-27-21-12-9-18(13-20(21)23)22(26)25-24-14-16-7-10-19(11-8-16)28-15-17-5-3-2-4-6-17/h2-14H,15H2,1H3,(H,25,26). The lowest BCUT2D eigenvalue weighted by molar-refractivity contribution is 0.0955. The van der Waals surface area contributed by atoms with Gasteiger partial charge in [-0.3, -0.25) is 4.79 Å². The monoisotopic (exact) mass is 486 g/mol. The van der Waals surface area contributed by atoms with Crippen LogP contribution in [0.3, 0.4) is 0 Å². The Bertz CT molecular complexity index is 957. The van der Waals surface area contributed by atoms with Crippen LogP contribution in [0.15, 0.2) is 77.9 Å². The van der Waals surface area contributed by atoms with Crippen LogP contribution in [-0.2, 0) is 6.61 Å². The molecule has 0 saturated heterocycles. The largest absolute Gasteiger partial charge is 0.496 e. The van der Waals surface area contributed by atoms with Crippen molar-refractivity contribution in [1.29, 1.82) is 0 Å². The molecule has 0 aliphatic rings. The molecule has 6 heteroatoms. The molecular formula is C22H19IN2O3. The summed E-state index contributed by atoms with van der Waals surface area (Å²) >= 11 is 2.12. The molecule has 0 aromatic heterocycles. The molecule has 0 unspecified atom stereocenters. The Kier molecular flexibility index (Phi) is 7.02. The first-order valence-electron chi connectivity index (χ1n) is 8.59. The van der Waals surface area contributed by atoms with Gasteiger partial charge >= 0.3 is 0 Å². The lowest BCUT2D eigenvalue weighted by Crippen LogP contribution is -2.17. The van der Waals surface area contributed by atoms with Gasteiger partial charge in [-0.25, -0.2) is 5.43 Å². The van der Waals surface area contributed by atoms with Gasteiger partial charge in [0.2, 0.25) is 0 Å². The fraction of sp³-hybridized carbons (Fsp3) is 0.0909. The maximum atomic E-state index is 12.2. The van der Waals surface area contributed by atoms with E-state index >= 15 is 0 Å². The van der Waals surface area contributed by atoms with E-state index in [1.165, 1.54) is 0 Å². The summed E-state index contributed by atoms with van der Waals surface area (Å²) in [5.74, 6) is 1.23. The van der Waals surface area contributed by atoms with E-state index in [4.69, 9.17) is 9.47 Å². The van der Waals surface area contributed by atoms with E-state index in [0.29, 0.717) is 12.2 Å². The summed E-state index contributed by atoms with van der Waals surface area (Å²) in [5, 5.41) is 4.01. The van der Waals surface area contributed by atoms with Crippen LogP contribution in [0.5, 0.6) is 11.5 Å². The number of carbonyl (C=O) groups excluding carboxylic acids is 1. The first kappa shape index (κ1) is 19.9. The molecule has 3 aromatic rings. The third kappa shape index (κ3) is 5.56. The van der Waals surface area contributed by atoms with Crippen molar-refractivity contribution < 1.29 is 14.3 Å². The van der Waals surface area contributed by atoms with Gasteiger partial charge in [-0.2, -0.15) is 5.10 Å². The molecule has 0 atom stereocenters. The highest BCUT2D eigenvalue weighted by Crippen LogP contribution is 2.21. The Morgan fingerprint density at radius 3 is 2.50 bits per heavy atom. The SMILES string of the molecule is COc1ccc(C(=O)NN=Cc2ccc(OCc3ccccc3)cc2)cc1I. The first-order chi connectivity index (χ1) is 13.7. The molecule has 1 amide bonds. The van der Waals surface area contributed by atoms with Crippen molar-refractivity contribution in [3.63, 3.8) is 0 Å². The molecule has 1 N–H and O–H groups in total. The lowest BCUT2D eigenvalue weighted by atomic mass is 10.2. The van der Waals surface area contributed by atoms with Crippen molar-refractivity contribution in [3.8, 4) is 11.5 Å². The summed E-state index contributed by atoms with van der Waals surface area (Å²) < 4.78 is 11.8. The number of amides is 1. The number of hydrogen-bond donors (Lipinski definition) is 1. The maximum absolute atomic E-state index is 12.2. The zero-order valence-electron chi connectivity index (χ0n) is 15.3. The second-order valence-corrected chi connectivity index (χ2v) is 7.05. The van der Waals surface area contributed by atoms with Gasteiger partial charge < -0.3 is 9.47 Å². The van der Waals surface area contributed by atoms with Crippen LogP contribution in [0, 0.1) is 3.57 Å². The number of ether oxygens (including phenoxy) is 2. The zero-order chi connectivity index (χ0) is 19.8.